The predicted octanol–water partition coefficient (Wildman–Crippen LogP) is 8.77. The van der Waals surface area contributed by atoms with E-state index >= 15 is 0 Å². The monoisotopic (exact) mass is 586 g/mol. The second-order valence-corrected chi connectivity index (χ2v) is 14.5. The Balaban J connectivity index is 1.80. The molecule has 0 spiro atoms. The lowest BCUT2D eigenvalue weighted by atomic mass is 10.0. The Morgan fingerprint density at radius 1 is 0.524 bits per heavy atom. The standard InChI is InChI=1S/C38H51O3P/c1-3-5-6-7-8-9-10-11-12-13-14-15-25-32-36(39)37(38(40)41-4-2)42(33-26-19-16-20-27-33,34-28-21-17-22-29-34)35-30-23-18-24-31-35/h16-24,26-31H,3-15,25,32H2,1-2H3. The fraction of sp³-hybridized carbons (Fsp3) is 0.447. The third-order valence-corrected chi connectivity index (χ3v) is 12.3. The fourth-order valence-corrected chi connectivity index (χ4v) is 10.2. The molecule has 3 aromatic carbocycles. The first-order valence-electron chi connectivity index (χ1n) is 16.3. The van der Waals surface area contributed by atoms with E-state index in [1.54, 1.807) is 6.92 Å². The van der Waals surface area contributed by atoms with Gasteiger partial charge in [-0.25, -0.2) is 4.79 Å². The minimum Gasteiger partial charge on any atom is -0.462 e. The third kappa shape index (κ3) is 9.56. The molecule has 3 rings (SSSR count). The summed E-state index contributed by atoms with van der Waals surface area (Å²) in [5.74, 6) is -0.566. The Morgan fingerprint density at radius 3 is 1.24 bits per heavy atom. The molecule has 0 atom stereocenters. The lowest BCUT2D eigenvalue weighted by Gasteiger charge is -2.31. The van der Waals surface area contributed by atoms with Crippen molar-refractivity contribution in [1.29, 1.82) is 0 Å². The van der Waals surface area contributed by atoms with Crippen molar-refractivity contribution >= 4 is 39.8 Å². The van der Waals surface area contributed by atoms with Gasteiger partial charge in [0.05, 0.1) is 6.61 Å². The normalized spacial score (nSPS) is 11.3. The van der Waals surface area contributed by atoms with Gasteiger partial charge in [0.1, 0.15) is 5.29 Å². The van der Waals surface area contributed by atoms with Crippen LogP contribution < -0.4 is 15.9 Å². The van der Waals surface area contributed by atoms with E-state index in [9.17, 15) is 9.59 Å². The largest absolute Gasteiger partial charge is 0.462 e. The molecule has 0 aromatic heterocycles. The molecular weight excluding hydrogens is 535 g/mol. The van der Waals surface area contributed by atoms with E-state index in [4.69, 9.17) is 4.74 Å². The number of carbonyl (C=O) groups is 2. The molecule has 0 fully saturated rings. The summed E-state index contributed by atoms with van der Waals surface area (Å²) in [4.78, 5) is 28.1. The number of benzene rings is 3. The Labute approximate surface area is 255 Å². The van der Waals surface area contributed by atoms with Gasteiger partial charge in [-0.2, -0.15) is 0 Å². The van der Waals surface area contributed by atoms with E-state index in [0.29, 0.717) is 11.7 Å². The van der Waals surface area contributed by atoms with Crippen molar-refractivity contribution < 1.29 is 14.3 Å². The number of hydrogen-bond acceptors (Lipinski definition) is 3. The molecule has 0 aliphatic heterocycles. The number of hydrogen-bond donors (Lipinski definition) is 0. The molecule has 0 radical (unpaired) electrons. The van der Waals surface area contributed by atoms with Crippen molar-refractivity contribution in [2.24, 2.45) is 0 Å². The number of carbonyl (C=O) groups excluding carboxylic acids is 2. The SMILES string of the molecule is CCCCCCCCCCCCCCCC(=O)C(C(=O)OCC)=P(c1ccccc1)(c1ccccc1)c1ccccc1. The lowest BCUT2D eigenvalue weighted by Crippen LogP contribution is -2.38. The van der Waals surface area contributed by atoms with E-state index < -0.39 is 12.9 Å². The molecule has 0 amide bonds. The highest BCUT2D eigenvalue weighted by atomic mass is 31.2. The summed E-state index contributed by atoms with van der Waals surface area (Å²) >= 11 is 0. The van der Waals surface area contributed by atoms with Crippen LogP contribution in [-0.4, -0.2) is 23.7 Å². The maximum absolute atomic E-state index is 14.2. The molecule has 0 aliphatic carbocycles. The molecule has 3 aromatic rings. The van der Waals surface area contributed by atoms with Crippen molar-refractivity contribution in [3.05, 3.63) is 91.0 Å². The molecule has 0 unspecified atom stereocenters. The average Bonchev–Trinajstić information content (AvgIpc) is 3.03. The molecular formula is C38H51O3P. The highest BCUT2D eigenvalue weighted by Crippen LogP contribution is 2.47. The van der Waals surface area contributed by atoms with Gasteiger partial charge in [-0.3, -0.25) is 4.79 Å². The number of esters is 1. The Kier molecular flexibility index (Phi) is 15.5. The lowest BCUT2D eigenvalue weighted by molar-refractivity contribution is -0.135. The summed E-state index contributed by atoms with van der Waals surface area (Å²) in [6, 6.07) is 30.3. The summed E-state index contributed by atoms with van der Waals surface area (Å²) in [7, 11) is 0. The fourth-order valence-electron chi connectivity index (χ4n) is 5.85. The van der Waals surface area contributed by atoms with E-state index in [2.05, 4.69) is 43.3 Å². The molecule has 0 saturated carbocycles. The van der Waals surface area contributed by atoms with E-state index in [1.165, 1.54) is 64.2 Å². The van der Waals surface area contributed by atoms with Gasteiger partial charge in [-0.15, -0.1) is 0 Å². The van der Waals surface area contributed by atoms with Gasteiger partial charge >= 0.3 is 5.97 Å². The van der Waals surface area contributed by atoms with Crippen molar-refractivity contribution in [2.75, 3.05) is 6.61 Å². The van der Waals surface area contributed by atoms with Crippen LogP contribution in [0.25, 0.3) is 0 Å². The second-order valence-electron chi connectivity index (χ2n) is 11.2. The first-order chi connectivity index (χ1) is 20.7. The van der Waals surface area contributed by atoms with Crippen LogP contribution in [0.15, 0.2) is 91.0 Å². The molecule has 0 N–H and O–H groups in total. The first-order valence-corrected chi connectivity index (χ1v) is 18.1. The summed E-state index contributed by atoms with van der Waals surface area (Å²) in [6.45, 7) is 1.50. The van der Waals surface area contributed by atoms with Crippen molar-refractivity contribution in [1.82, 2.24) is 0 Å². The third-order valence-electron chi connectivity index (χ3n) is 8.01. The van der Waals surface area contributed by atoms with Crippen LogP contribution in [0, 0.1) is 0 Å². The molecule has 0 aliphatic rings. The summed E-state index contributed by atoms with van der Waals surface area (Å²) in [6.07, 6.45) is 16.6. The summed E-state index contributed by atoms with van der Waals surface area (Å²) < 4.78 is 5.65. The van der Waals surface area contributed by atoms with E-state index in [1.807, 2.05) is 54.6 Å². The highest BCUT2D eigenvalue weighted by molar-refractivity contribution is 7.97. The summed E-state index contributed by atoms with van der Waals surface area (Å²) in [5, 5.41) is 3.28. The zero-order chi connectivity index (χ0) is 29.9. The molecule has 0 bridgehead atoms. The summed E-state index contributed by atoms with van der Waals surface area (Å²) in [5.41, 5.74) is 0. The molecule has 42 heavy (non-hydrogen) atoms. The van der Waals surface area contributed by atoms with Crippen molar-refractivity contribution in [3.8, 4) is 0 Å². The van der Waals surface area contributed by atoms with Crippen LogP contribution in [-0.2, 0) is 14.3 Å². The van der Waals surface area contributed by atoms with E-state index in [0.717, 1.165) is 35.2 Å². The van der Waals surface area contributed by atoms with Gasteiger partial charge in [0.2, 0.25) is 0 Å². The van der Waals surface area contributed by atoms with Gasteiger partial charge in [0, 0.05) is 6.42 Å². The van der Waals surface area contributed by atoms with Crippen LogP contribution >= 0.6 is 6.89 Å². The number of Topliss-reactive ketones (excluding diaryl/α,β-unsaturated/α-hetero) is 1. The quantitative estimate of drug-likeness (QED) is 0.0575. The smallest absolute Gasteiger partial charge is 0.342 e. The number of ether oxygens (including phenoxy) is 1. The molecule has 226 valence electrons. The van der Waals surface area contributed by atoms with Crippen molar-refractivity contribution in [2.45, 2.75) is 104 Å². The first kappa shape index (κ1) is 33.6. The van der Waals surface area contributed by atoms with Crippen LogP contribution in [0.1, 0.15) is 104 Å². The number of rotatable bonds is 20. The molecule has 0 saturated heterocycles. The molecule has 0 heterocycles. The maximum atomic E-state index is 14.2. The number of ketones is 1. The van der Waals surface area contributed by atoms with Gasteiger partial charge in [-0.05, 0) is 36.1 Å². The predicted molar refractivity (Wildman–Crippen MR) is 182 cm³/mol. The van der Waals surface area contributed by atoms with Crippen LogP contribution in [0.2, 0.25) is 0 Å². The van der Waals surface area contributed by atoms with Crippen LogP contribution in [0.3, 0.4) is 0 Å². The topological polar surface area (TPSA) is 43.4 Å². The van der Waals surface area contributed by atoms with Gasteiger partial charge in [0.25, 0.3) is 0 Å². The van der Waals surface area contributed by atoms with Crippen LogP contribution in [0.4, 0.5) is 0 Å². The van der Waals surface area contributed by atoms with E-state index in [-0.39, 0.29) is 12.4 Å². The van der Waals surface area contributed by atoms with Gasteiger partial charge < -0.3 is 4.74 Å². The Morgan fingerprint density at radius 2 is 0.881 bits per heavy atom. The Bertz CT molecular complexity index is 1130. The van der Waals surface area contributed by atoms with Gasteiger partial charge in [0.15, 0.2) is 5.78 Å². The maximum Gasteiger partial charge on any atom is 0.342 e. The second kappa shape index (κ2) is 19.3. The number of unbranched alkanes of at least 4 members (excludes halogenated alkanes) is 12. The minimum atomic E-state index is -2.80. The highest BCUT2D eigenvalue weighted by Gasteiger charge is 2.37. The minimum absolute atomic E-state index is 0.0820. The average molecular weight is 587 g/mol. The van der Waals surface area contributed by atoms with Crippen LogP contribution in [0.5, 0.6) is 0 Å². The zero-order valence-corrected chi connectivity index (χ0v) is 26.8. The molecule has 3 nitrogen and oxygen atoms in total. The van der Waals surface area contributed by atoms with Crippen molar-refractivity contribution in [3.63, 3.8) is 0 Å². The zero-order valence-electron chi connectivity index (χ0n) is 25.9. The Hall–Kier alpha value is -2.90. The van der Waals surface area contributed by atoms with Gasteiger partial charge in [-0.1, -0.05) is 175 Å². The molecule has 4 heteroatoms.